The van der Waals surface area contributed by atoms with Crippen molar-refractivity contribution in [2.24, 2.45) is 0 Å². The van der Waals surface area contributed by atoms with Crippen molar-refractivity contribution in [2.75, 3.05) is 21.1 Å². The first kappa shape index (κ1) is 14.3. The Morgan fingerprint density at radius 3 is 2.08 bits per heavy atom. The van der Waals surface area contributed by atoms with E-state index in [0.29, 0.717) is 10.9 Å². The quantitative estimate of drug-likeness (QED) is 0.296. The summed E-state index contributed by atoms with van der Waals surface area (Å²) in [6, 6.07) is 0. The van der Waals surface area contributed by atoms with E-state index in [1.54, 1.807) is 6.92 Å². The summed E-state index contributed by atoms with van der Waals surface area (Å²) in [6.45, 7) is 3.69. The summed E-state index contributed by atoms with van der Waals surface area (Å²) >= 11 is 0. The third kappa shape index (κ3) is 5.38. The van der Waals surface area contributed by atoms with Crippen LogP contribution in [0.4, 0.5) is 0 Å². The largest absolute Gasteiger partial charge is 1.00 e. The lowest BCUT2D eigenvalue weighted by molar-refractivity contribution is -0.914. The molecule has 0 aromatic heterocycles. The second kappa shape index (κ2) is 5.38. The fraction of sp³-hybridized carbons (Fsp3) is 0.875. The van der Waals surface area contributed by atoms with Gasteiger partial charge >= 0.3 is 5.97 Å². The van der Waals surface area contributed by atoms with Crippen molar-refractivity contribution in [3.05, 3.63) is 0 Å². The maximum atomic E-state index is 10.8. The minimum absolute atomic E-state index is 0. The fourth-order valence-electron chi connectivity index (χ4n) is 0.432. The van der Waals surface area contributed by atoms with E-state index in [9.17, 15) is 4.79 Å². The van der Waals surface area contributed by atoms with E-state index in [-0.39, 0.29) is 24.6 Å². The molecule has 0 aliphatic rings. The maximum Gasteiger partial charge on any atom is 0.309 e. The van der Waals surface area contributed by atoms with Crippen LogP contribution in [0.1, 0.15) is 20.3 Å². The van der Waals surface area contributed by atoms with Crippen LogP contribution in [0, 0.1) is 0 Å². The summed E-state index contributed by atoms with van der Waals surface area (Å²) in [7, 11) is 5.98. The van der Waals surface area contributed by atoms with E-state index in [4.69, 9.17) is 4.74 Å². The standard InChI is InChI=1S/C8H18NO2.ClH/c1-6-8(10)11-7(2)9(3,4)5;/h7H,6H2,1-5H3;1H/q+1;/p-1. The molecule has 0 aliphatic heterocycles. The Morgan fingerprint density at radius 1 is 1.42 bits per heavy atom. The zero-order chi connectivity index (χ0) is 9.07. The Hall–Kier alpha value is -0.280. The predicted molar refractivity (Wildman–Crippen MR) is 43.9 cm³/mol. The molecule has 0 saturated carbocycles. The Morgan fingerprint density at radius 2 is 1.83 bits per heavy atom. The molecule has 12 heavy (non-hydrogen) atoms. The number of rotatable bonds is 3. The van der Waals surface area contributed by atoms with E-state index in [1.807, 2.05) is 28.1 Å². The van der Waals surface area contributed by atoms with Crippen molar-refractivity contribution in [2.45, 2.75) is 26.5 Å². The third-order valence-corrected chi connectivity index (χ3v) is 1.68. The Kier molecular flexibility index (Phi) is 6.39. The van der Waals surface area contributed by atoms with Crippen LogP contribution in [0.25, 0.3) is 0 Å². The second-order valence-electron chi connectivity index (χ2n) is 3.56. The van der Waals surface area contributed by atoms with Gasteiger partial charge in [0, 0.05) is 13.3 Å². The van der Waals surface area contributed by atoms with Crippen molar-refractivity contribution in [1.82, 2.24) is 0 Å². The van der Waals surface area contributed by atoms with Gasteiger partial charge in [-0.15, -0.1) is 0 Å². The number of nitrogens with zero attached hydrogens (tertiary/aromatic N) is 1. The minimum atomic E-state index is -0.134. The van der Waals surface area contributed by atoms with Gasteiger partial charge in [-0.2, -0.15) is 0 Å². The van der Waals surface area contributed by atoms with Crippen LogP contribution in [0.2, 0.25) is 0 Å². The van der Waals surface area contributed by atoms with Gasteiger partial charge in [-0.25, -0.2) is 0 Å². The molecule has 1 unspecified atom stereocenters. The topological polar surface area (TPSA) is 26.3 Å². The van der Waals surface area contributed by atoms with Gasteiger partial charge in [0.1, 0.15) is 0 Å². The first-order valence-electron chi connectivity index (χ1n) is 3.88. The van der Waals surface area contributed by atoms with Crippen LogP contribution < -0.4 is 12.4 Å². The number of halogens is 1. The highest BCUT2D eigenvalue weighted by atomic mass is 35.5. The molecule has 74 valence electrons. The lowest BCUT2D eigenvalue weighted by Gasteiger charge is -2.30. The van der Waals surface area contributed by atoms with E-state index >= 15 is 0 Å². The molecule has 0 bridgehead atoms. The summed E-state index contributed by atoms with van der Waals surface area (Å²) in [5, 5.41) is 0. The van der Waals surface area contributed by atoms with Crippen molar-refractivity contribution in [3.63, 3.8) is 0 Å². The summed E-state index contributed by atoms with van der Waals surface area (Å²) in [6.07, 6.45) is 0.382. The molecule has 0 radical (unpaired) electrons. The Bertz CT molecular complexity index is 142. The second-order valence-corrected chi connectivity index (χ2v) is 3.56. The molecular formula is C8H18ClNO2. The zero-order valence-electron chi connectivity index (χ0n) is 8.43. The van der Waals surface area contributed by atoms with E-state index in [0.717, 1.165) is 0 Å². The number of carbonyl (C=O) groups is 1. The number of ether oxygens (including phenoxy) is 1. The summed E-state index contributed by atoms with van der Waals surface area (Å²) in [5.74, 6) is -0.134. The van der Waals surface area contributed by atoms with Gasteiger partial charge in [-0.3, -0.25) is 9.28 Å². The Labute approximate surface area is 80.7 Å². The van der Waals surface area contributed by atoms with Crippen LogP contribution in [-0.4, -0.2) is 37.8 Å². The number of hydrogen-bond acceptors (Lipinski definition) is 2. The number of hydrogen-bond donors (Lipinski definition) is 0. The van der Waals surface area contributed by atoms with Crippen LogP contribution in [0.5, 0.6) is 0 Å². The van der Waals surface area contributed by atoms with Gasteiger partial charge in [0.05, 0.1) is 21.1 Å². The molecule has 0 heterocycles. The zero-order valence-corrected chi connectivity index (χ0v) is 9.18. The average molecular weight is 196 g/mol. The predicted octanol–water partition coefficient (Wildman–Crippen LogP) is -2.00. The summed E-state index contributed by atoms with van der Waals surface area (Å²) in [5.41, 5.74) is 0. The van der Waals surface area contributed by atoms with Gasteiger partial charge in [0.15, 0.2) is 0 Å². The van der Waals surface area contributed by atoms with Gasteiger partial charge in [-0.05, 0) is 0 Å². The molecule has 3 nitrogen and oxygen atoms in total. The lowest BCUT2D eigenvalue weighted by Crippen LogP contribution is -3.00. The molecule has 0 aromatic rings. The number of quaternary nitrogens is 1. The molecule has 0 aromatic carbocycles. The van der Waals surface area contributed by atoms with Gasteiger partial charge in [-0.1, -0.05) is 6.92 Å². The molecule has 0 rings (SSSR count). The number of carbonyl (C=O) groups excluding carboxylic acids is 1. The molecule has 0 N–H and O–H groups in total. The van der Waals surface area contributed by atoms with Crippen molar-refractivity contribution >= 4 is 5.97 Å². The van der Waals surface area contributed by atoms with Crippen molar-refractivity contribution < 1.29 is 26.4 Å². The monoisotopic (exact) mass is 195 g/mol. The van der Waals surface area contributed by atoms with Crippen LogP contribution in [0.15, 0.2) is 0 Å². The van der Waals surface area contributed by atoms with Crippen molar-refractivity contribution in [3.8, 4) is 0 Å². The smallest absolute Gasteiger partial charge is 0.309 e. The fourth-order valence-corrected chi connectivity index (χ4v) is 0.432. The molecule has 0 aliphatic carbocycles. The minimum Gasteiger partial charge on any atom is -1.00 e. The van der Waals surface area contributed by atoms with Gasteiger partial charge in [0.25, 0.3) is 0 Å². The van der Waals surface area contributed by atoms with Gasteiger partial charge in [0.2, 0.25) is 6.23 Å². The van der Waals surface area contributed by atoms with Gasteiger partial charge < -0.3 is 17.1 Å². The highest BCUT2D eigenvalue weighted by molar-refractivity contribution is 5.68. The van der Waals surface area contributed by atoms with E-state index in [1.165, 1.54) is 0 Å². The first-order valence-corrected chi connectivity index (χ1v) is 3.88. The van der Waals surface area contributed by atoms with Crippen LogP contribution >= 0.6 is 0 Å². The summed E-state index contributed by atoms with van der Waals surface area (Å²) in [4.78, 5) is 10.8. The molecule has 0 saturated heterocycles. The molecule has 1 atom stereocenters. The van der Waals surface area contributed by atoms with Crippen molar-refractivity contribution in [1.29, 1.82) is 0 Å². The van der Waals surface area contributed by atoms with E-state index < -0.39 is 0 Å². The van der Waals surface area contributed by atoms with Crippen LogP contribution in [0.3, 0.4) is 0 Å². The third-order valence-electron chi connectivity index (χ3n) is 1.68. The SMILES string of the molecule is CCC(=O)OC(C)[N+](C)(C)C.[Cl-]. The molecule has 0 fully saturated rings. The highest BCUT2D eigenvalue weighted by Crippen LogP contribution is 2.04. The first-order chi connectivity index (χ1) is 4.88. The summed E-state index contributed by atoms with van der Waals surface area (Å²) < 4.78 is 5.74. The molecule has 0 amide bonds. The van der Waals surface area contributed by atoms with Crippen LogP contribution in [-0.2, 0) is 9.53 Å². The molecule has 0 spiro atoms. The maximum absolute atomic E-state index is 10.8. The Balaban J connectivity index is 0. The molecule has 4 heteroatoms. The molecular weight excluding hydrogens is 178 g/mol. The normalized spacial score (nSPS) is 13.1. The average Bonchev–Trinajstić information content (AvgIpc) is 1.85. The lowest BCUT2D eigenvalue weighted by atomic mass is 10.4. The highest BCUT2D eigenvalue weighted by Gasteiger charge is 2.21. The number of esters is 1. The van der Waals surface area contributed by atoms with E-state index in [2.05, 4.69) is 0 Å².